The summed E-state index contributed by atoms with van der Waals surface area (Å²) in [4.78, 5) is 40.0. The molecule has 236 valence electrons. The van der Waals surface area contributed by atoms with Crippen molar-refractivity contribution >= 4 is 17.9 Å². The van der Waals surface area contributed by atoms with Crippen molar-refractivity contribution in [2.24, 2.45) is 0 Å². The van der Waals surface area contributed by atoms with Gasteiger partial charge in [-0.2, -0.15) is 0 Å². The first-order valence-corrected chi connectivity index (χ1v) is 12.8. The molecular weight excluding hydrogens is 600 g/mol. The summed E-state index contributed by atoms with van der Waals surface area (Å²) in [6.07, 6.45) is -13.0. The summed E-state index contributed by atoms with van der Waals surface area (Å²) in [6.45, 7) is -1.02. The third-order valence-corrected chi connectivity index (χ3v) is 8.09. The molecule has 0 radical (unpaired) electrons. The molecule has 18 heteroatoms. The highest BCUT2D eigenvalue weighted by Crippen LogP contribution is 2.62. The van der Waals surface area contributed by atoms with Crippen LogP contribution < -0.4 is 4.74 Å². The van der Waals surface area contributed by atoms with Crippen molar-refractivity contribution in [1.29, 1.82) is 0 Å². The zero-order chi connectivity index (χ0) is 32.0. The Morgan fingerprint density at radius 1 is 0.932 bits per heavy atom. The molecule has 2 bridgehead atoms. The maximum Gasteiger partial charge on any atom is 0.340 e. The molecule has 0 aromatic heterocycles. The fourth-order valence-electron chi connectivity index (χ4n) is 5.95. The van der Waals surface area contributed by atoms with Gasteiger partial charge in [-0.05, 0) is 18.2 Å². The third kappa shape index (κ3) is 4.00. The summed E-state index contributed by atoms with van der Waals surface area (Å²) < 4.78 is 26.7. The number of aromatic hydroxyl groups is 5. The van der Waals surface area contributed by atoms with Crippen LogP contribution >= 0.6 is 0 Å². The molecule has 1 saturated carbocycles. The van der Waals surface area contributed by atoms with Gasteiger partial charge >= 0.3 is 17.9 Å². The normalized spacial score (nSPS) is 35.5. The van der Waals surface area contributed by atoms with Gasteiger partial charge in [-0.15, -0.1) is 0 Å². The second kappa shape index (κ2) is 9.71. The van der Waals surface area contributed by atoms with E-state index in [2.05, 4.69) is 0 Å². The summed E-state index contributed by atoms with van der Waals surface area (Å²) in [7, 11) is 0. The highest BCUT2D eigenvalue weighted by atomic mass is 16.7. The van der Waals surface area contributed by atoms with E-state index in [1.54, 1.807) is 0 Å². The standard InChI is InChI=1S/C26H24O18/c27-5-11-17-16(34)19(23(40-11)43-21(35)6-1-8(28)14(32)9(29)2-6)41-22(36)7-3-10(30)15(33)18-13(7)20-25(38,24(37)42-17)4-12(31)26(20,39)44-18/h1-3,11-12,16-17,19-20,23,27-34,38-39H,4-5H2/t11-,12+,16+,17-,19-,20-,23+,25-,26-/m1/s1. The minimum Gasteiger partial charge on any atom is -0.504 e. The van der Waals surface area contributed by atoms with Gasteiger partial charge in [0.1, 0.15) is 18.3 Å². The molecular formula is C26H24O18. The van der Waals surface area contributed by atoms with Crippen LogP contribution in [-0.2, 0) is 23.7 Å². The molecule has 2 fully saturated rings. The van der Waals surface area contributed by atoms with E-state index in [-0.39, 0.29) is 0 Å². The summed E-state index contributed by atoms with van der Waals surface area (Å²) in [6, 6.07) is 2.03. The van der Waals surface area contributed by atoms with Crippen LogP contribution in [0.3, 0.4) is 0 Å². The number of aliphatic hydroxyl groups is 5. The van der Waals surface area contributed by atoms with E-state index >= 15 is 0 Å². The smallest absolute Gasteiger partial charge is 0.340 e. The maximum absolute atomic E-state index is 13.6. The number of carbonyl (C=O) groups excluding carboxylic acids is 3. The van der Waals surface area contributed by atoms with E-state index in [0.29, 0.717) is 18.2 Å². The highest BCUT2D eigenvalue weighted by molar-refractivity contribution is 5.96. The van der Waals surface area contributed by atoms with Crippen LogP contribution in [0, 0.1) is 0 Å². The molecule has 0 unspecified atom stereocenters. The lowest BCUT2D eigenvalue weighted by molar-refractivity contribution is -0.290. The predicted octanol–water partition coefficient (Wildman–Crippen LogP) is -2.74. The Morgan fingerprint density at radius 2 is 1.57 bits per heavy atom. The molecule has 0 amide bonds. The molecule has 3 aliphatic heterocycles. The first kappa shape index (κ1) is 29.5. The van der Waals surface area contributed by atoms with Gasteiger partial charge in [-0.3, -0.25) is 0 Å². The number of rotatable bonds is 3. The zero-order valence-corrected chi connectivity index (χ0v) is 21.9. The van der Waals surface area contributed by atoms with E-state index in [9.17, 15) is 65.4 Å². The fraction of sp³-hybridized carbons (Fsp3) is 0.423. The molecule has 2 aromatic rings. The van der Waals surface area contributed by atoms with Gasteiger partial charge in [-0.25, -0.2) is 14.4 Å². The quantitative estimate of drug-likeness (QED) is 0.0941. The second-order valence-corrected chi connectivity index (χ2v) is 10.7. The van der Waals surface area contributed by atoms with Crippen LogP contribution in [0.5, 0.6) is 34.5 Å². The lowest BCUT2D eigenvalue weighted by atomic mass is 9.81. The molecule has 10 N–H and O–H groups in total. The lowest BCUT2D eigenvalue weighted by Crippen LogP contribution is -2.62. The Labute approximate surface area is 244 Å². The van der Waals surface area contributed by atoms with Crippen LogP contribution in [0.15, 0.2) is 18.2 Å². The van der Waals surface area contributed by atoms with Crippen LogP contribution in [0.2, 0.25) is 0 Å². The van der Waals surface area contributed by atoms with Gasteiger partial charge in [0.05, 0.1) is 23.7 Å². The van der Waals surface area contributed by atoms with E-state index in [4.69, 9.17) is 23.7 Å². The number of phenols is 5. The molecule has 6 rings (SSSR count). The average Bonchev–Trinajstić information content (AvgIpc) is 3.40. The Bertz CT molecular complexity index is 1570. The summed E-state index contributed by atoms with van der Waals surface area (Å²) in [5.74, 6) is -14.9. The lowest BCUT2D eigenvalue weighted by Gasteiger charge is -2.42. The van der Waals surface area contributed by atoms with Crippen molar-refractivity contribution in [3.63, 3.8) is 0 Å². The molecule has 44 heavy (non-hydrogen) atoms. The first-order chi connectivity index (χ1) is 20.6. The van der Waals surface area contributed by atoms with E-state index in [0.717, 1.165) is 0 Å². The number of esters is 3. The highest BCUT2D eigenvalue weighted by Gasteiger charge is 2.73. The first-order valence-electron chi connectivity index (χ1n) is 12.8. The van der Waals surface area contributed by atoms with E-state index < -0.39 is 136 Å². The van der Waals surface area contributed by atoms with Crippen LogP contribution in [-0.4, -0.2) is 124 Å². The number of benzene rings is 2. The van der Waals surface area contributed by atoms with Gasteiger partial charge in [0, 0.05) is 12.0 Å². The van der Waals surface area contributed by atoms with Gasteiger partial charge in [0.15, 0.2) is 46.6 Å². The van der Waals surface area contributed by atoms with Gasteiger partial charge < -0.3 is 74.7 Å². The maximum atomic E-state index is 13.6. The molecule has 4 aliphatic rings. The number of hydrogen-bond donors (Lipinski definition) is 10. The molecule has 3 heterocycles. The minimum absolute atomic E-state index is 0.556. The molecule has 18 nitrogen and oxygen atoms in total. The molecule has 9 atom stereocenters. The van der Waals surface area contributed by atoms with Crippen molar-refractivity contribution in [1.82, 2.24) is 0 Å². The topological polar surface area (TPSA) is 300 Å². The Kier molecular flexibility index (Phi) is 6.50. The Hall–Kier alpha value is -4.59. The monoisotopic (exact) mass is 624 g/mol. The number of aliphatic hydroxyl groups excluding tert-OH is 3. The summed E-state index contributed by atoms with van der Waals surface area (Å²) in [5.41, 5.74) is -4.77. The van der Waals surface area contributed by atoms with Crippen molar-refractivity contribution in [3.8, 4) is 34.5 Å². The van der Waals surface area contributed by atoms with Crippen molar-refractivity contribution in [2.45, 2.75) is 60.5 Å². The van der Waals surface area contributed by atoms with E-state index in [1.165, 1.54) is 0 Å². The third-order valence-electron chi connectivity index (χ3n) is 8.09. The molecule has 1 saturated heterocycles. The van der Waals surface area contributed by atoms with E-state index in [1.807, 2.05) is 0 Å². The molecule has 2 aromatic carbocycles. The van der Waals surface area contributed by atoms with Crippen molar-refractivity contribution in [3.05, 3.63) is 34.9 Å². The minimum atomic E-state index is -2.90. The molecule has 0 spiro atoms. The number of fused-ring (bicyclic) bond motifs is 2. The number of carbonyl (C=O) groups is 3. The van der Waals surface area contributed by atoms with Gasteiger partial charge in [-0.1, -0.05) is 0 Å². The summed E-state index contributed by atoms with van der Waals surface area (Å²) in [5, 5.41) is 104. The summed E-state index contributed by atoms with van der Waals surface area (Å²) >= 11 is 0. The zero-order valence-electron chi connectivity index (χ0n) is 21.9. The Morgan fingerprint density at radius 3 is 2.20 bits per heavy atom. The number of hydrogen-bond acceptors (Lipinski definition) is 18. The Balaban J connectivity index is 1.46. The largest absolute Gasteiger partial charge is 0.504 e. The van der Waals surface area contributed by atoms with Crippen molar-refractivity contribution in [2.75, 3.05) is 6.61 Å². The molecule has 1 aliphatic carbocycles. The van der Waals surface area contributed by atoms with Crippen LogP contribution in [0.4, 0.5) is 0 Å². The van der Waals surface area contributed by atoms with Gasteiger partial charge in [0.2, 0.25) is 17.8 Å². The predicted molar refractivity (Wildman–Crippen MR) is 131 cm³/mol. The fourth-order valence-corrected chi connectivity index (χ4v) is 5.95. The second-order valence-electron chi connectivity index (χ2n) is 10.7. The van der Waals surface area contributed by atoms with Gasteiger partial charge in [0.25, 0.3) is 0 Å². The van der Waals surface area contributed by atoms with Crippen LogP contribution in [0.25, 0.3) is 0 Å². The van der Waals surface area contributed by atoms with Crippen molar-refractivity contribution < 1.29 is 89.1 Å². The average molecular weight is 624 g/mol. The van der Waals surface area contributed by atoms with Crippen LogP contribution in [0.1, 0.15) is 38.6 Å². The SMILES string of the molecule is O=C(O[C@@H]1O[C@H](CO)[C@H]2OC(=O)[C@@]3(O)C[C@H](O)[C@@]4(O)Oc5c(O)c(O)cc(c5[C@@H]43)C(=O)O[C@@H]1[C@H]2O)c1cc(O)c(O)c(O)c1. The number of phenolic OH excluding ortho intramolecular Hbond substituents is 5. The number of ether oxygens (including phenoxy) is 5.